The molecule has 1 aromatic rings. The Morgan fingerprint density at radius 2 is 1.90 bits per heavy atom. The molecule has 0 aromatic heterocycles. The molecule has 0 spiro atoms. The van der Waals surface area contributed by atoms with Crippen molar-refractivity contribution in [3.05, 3.63) is 28.0 Å². The average Bonchev–Trinajstić information content (AvgIpc) is 2.66. The second-order valence-electron chi connectivity index (χ2n) is 5.25. The molecule has 2 rings (SSSR count). The molecule has 0 radical (unpaired) electrons. The Kier molecular flexibility index (Phi) is 4.00. The van der Waals surface area contributed by atoms with Crippen LogP contribution in [0.1, 0.15) is 38.7 Å². The molecule has 3 nitrogen and oxygen atoms in total. The van der Waals surface area contributed by atoms with Crippen molar-refractivity contribution in [3.63, 3.8) is 0 Å². The summed E-state index contributed by atoms with van der Waals surface area (Å²) in [5.74, 6) is -0.933. The molecule has 2 amide bonds. The molecule has 20 heavy (non-hydrogen) atoms. The van der Waals surface area contributed by atoms with E-state index >= 15 is 0 Å². The van der Waals surface area contributed by atoms with Crippen LogP contribution in [0.3, 0.4) is 0 Å². The molecular weight excluding hydrogens is 325 g/mol. The highest BCUT2D eigenvalue weighted by atomic mass is 79.9. The Balaban J connectivity index is 2.51. The van der Waals surface area contributed by atoms with E-state index in [4.69, 9.17) is 0 Å². The molecule has 0 atom stereocenters. The van der Waals surface area contributed by atoms with Gasteiger partial charge in [0.15, 0.2) is 0 Å². The summed E-state index contributed by atoms with van der Waals surface area (Å²) in [7, 11) is 0. The summed E-state index contributed by atoms with van der Waals surface area (Å²) in [4.78, 5) is 26.0. The molecule has 0 bridgehead atoms. The van der Waals surface area contributed by atoms with E-state index in [2.05, 4.69) is 15.9 Å². The lowest BCUT2D eigenvalue weighted by Gasteiger charge is -2.24. The Morgan fingerprint density at radius 3 is 2.40 bits per heavy atom. The van der Waals surface area contributed by atoms with Crippen molar-refractivity contribution in [2.45, 2.75) is 40.0 Å². The van der Waals surface area contributed by atoms with Crippen LogP contribution in [0.15, 0.2) is 16.6 Å². The SMILES string of the molecule is CCC1(CC)CC(=O)N(c2cc(F)c(Br)cc2C)C1=O. The third kappa shape index (κ3) is 2.18. The minimum atomic E-state index is -0.632. The number of rotatable bonds is 3. The second-order valence-corrected chi connectivity index (χ2v) is 6.11. The predicted molar refractivity (Wildman–Crippen MR) is 79.0 cm³/mol. The first kappa shape index (κ1) is 15.2. The Labute approximate surface area is 126 Å². The molecule has 0 unspecified atom stereocenters. The van der Waals surface area contributed by atoms with Gasteiger partial charge < -0.3 is 0 Å². The van der Waals surface area contributed by atoms with Crippen molar-refractivity contribution in [2.75, 3.05) is 4.90 Å². The number of aryl methyl sites for hydroxylation is 1. The molecule has 1 aliphatic rings. The van der Waals surface area contributed by atoms with Crippen LogP contribution >= 0.6 is 15.9 Å². The van der Waals surface area contributed by atoms with Gasteiger partial charge in [0, 0.05) is 6.42 Å². The number of carbonyl (C=O) groups excluding carboxylic acids is 2. The Bertz CT molecular complexity index is 581. The van der Waals surface area contributed by atoms with Crippen LogP contribution in [0.25, 0.3) is 0 Å². The summed E-state index contributed by atoms with van der Waals surface area (Å²) in [6.07, 6.45) is 1.43. The molecule has 1 heterocycles. The van der Waals surface area contributed by atoms with Gasteiger partial charge in [-0.3, -0.25) is 9.59 Å². The number of hydrogen-bond donors (Lipinski definition) is 0. The maximum Gasteiger partial charge on any atom is 0.240 e. The minimum Gasteiger partial charge on any atom is -0.274 e. The number of benzene rings is 1. The summed E-state index contributed by atoms with van der Waals surface area (Å²) in [6.45, 7) is 5.58. The van der Waals surface area contributed by atoms with Crippen molar-refractivity contribution in [3.8, 4) is 0 Å². The van der Waals surface area contributed by atoms with E-state index in [0.717, 1.165) is 4.90 Å². The number of carbonyl (C=O) groups is 2. The molecule has 1 fully saturated rings. The Hall–Kier alpha value is -1.23. The van der Waals surface area contributed by atoms with Gasteiger partial charge in [-0.2, -0.15) is 0 Å². The van der Waals surface area contributed by atoms with E-state index in [0.29, 0.717) is 28.6 Å². The highest BCUT2D eigenvalue weighted by molar-refractivity contribution is 9.10. The number of imide groups is 1. The van der Waals surface area contributed by atoms with Gasteiger partial charge in [-0.1, -0.05) is 13.8 Å². The van der Waals surface area contributed by atoms with Crippen LogP contribution in [-0.2, 0) is 9.59 Å². The summed E-state index contributed by atoms with van der Waals surface area (Å²) < 4.78 is 14.1. The Morgan fingerprint density at radius 1 is 1.30 bits per heavy atom. The van der Waals surface area contributed by atoms with E-state index < -0.39 is 11.2 Å². The number of amides is 2. The largest absolute Gasteiger partial charge is 0.274 e. The fourth-order valence-corrected chi connectivity index (χ4v) is 3.18. The normalized spacial score (nSPS) is 17.9. The second kappa shape index (κ2) is 5.28. The van der Waals surface area contributed by atoms with Crippen molar-refractivity contribution in [1.29, 1.82) is 0 Å². The van der Waals surface area contributed by atoms with Gasteiger partial charge in [0.1, 0.15) is 5.82 Å². The van der Waals surface area contributed by atoms with Gasteiger partial charge in [0.2, 0.25) is 11.8 Å². The van der Waals surface area contributed by atoms with Crippen molar-refractivity contribution in [2.24, 2.45) is 5.41 Å². The first-order valence-corrected chi connectivity index (χ1v) is 7.48. The van der Waals surface area contributed by atoms with E-state index in [9.17, 15) is 14.0 Å². The number of halogens is 2. The van der Waals surface area contributed by atoms with E-state index in [1.165, 1.54) is 6.07 Å². The molecule has 1 aromatic carbocycles. The molecule has 1 aliphatic heterocycles. The predicted octanol–water partition coefficient (Wildman–Crippen LogP) is 3.97. The first-order chi connectivity index (χ1) is 9.36. The fraction of sp³-hybridized carbons (Fsp3) is 0.467. The lowest BCUT2D eigenvalue weighted by molar-refractivity contribution is -0.126. The first-order valence-electron chi connectivity index (χ1n) is 6.69. The van der Waals surface area contributed by atoms with Gasteiger partial charge in [-0.15, -0.1) is 0 Å². The zero-order chi connectivity index (χ0) is 15.1. The monoisotopic (exact) mass is 341 g/mol. The zero-order valence-corrected chi connectivity index (χ0v) is 13.4. The lowest BCUT2D eigenvalue weighted by Crippen LogP contribution is -2.35. The maximum absolute atomic E-state index is 13.7. The van der Waals surface area contributed by atoms with Gasteiger partial charge in [0.05, 0.1) is 15.6 Å². The van der Waals surface area contributed by atoms with Crippen LogP contribution in [0.2, 0.25) is 0 Å². The summed E-state index contributed by atoms with van der Waals surface area (Å²) >= 11 is 3.11. The minimum absolute atomic E-state index is 0.204. The van der Waals surface area contributed by atoms with Crippen LogP contribution in [0.4, 0.5) is 10.1 Å². The highest BCUT2D eigenvalue weighted by Crippen LogP contribution is 2.42. The van der Waals surface area contributed by atoms with Crippen LogP contribution in [0.5, 0.6) is 0 Å². The van der Waals surface area contributed by atoms with Crippen molar-refractivity contribution in [1.82, 2.24) is 0 Å². The molecule has 108 valence electrons. The van der Waals surface area contributed by atoms with Crippen molar-refractivity contribution >= 4 is 33.4 Å². The number of nitrogens with zero attached hydrogens (tertiary/aromatic N) is 1. The smallest absolute Gasteiger partial charge is 0.240 e. The van der Waals surface area contributed by atoms with Crippen LogP contribution in [0, 0.1) is 18.2 Å². The summed E-state index contributed by atoms with van der Waals surface area (Å²) in [5.41, 5.74) is 0.417. The number of anilines is 1. The molecule has 0 saturated carbocycles. The van der Waals surface area contributed by atoms with Gasteiger partial charge >= 0.3 is 0 Å². The molecule has 5 heteroatoms. The van der Waals surface area contributed by atoms with E-state index in [1.54, 1.807) is 13.0 Å². The van der Waals surface area contributed by atoms with E-state index in [-0.39, 0.29) is 18.2 Å². The summed E-state index contributed by atoms with van der Waals surface area (Å²) in [6, 6.07) is 2.83. The third-order valence-electron chi connectivity index (χ3n) is 4.23. The van der Waals surface area contributed by atoms with E-state index in [1.807, 2.05) is 13.8 Å². The quantitative estimate of drug-likeness (QED) is 0.780. The fourth-order valence-electron chi connectivity index (χ4n) is 2.72. The molecule has 0 N–H and O–H groups in total. The highest BCUT2D eigenvalue weighted by Gasteiger charge is 2.50. The van der Waals surface area contributed by atoms with Gasteiger partial charge in [-0.25, -0.2) is 9.29 Å². The van der Waals surface area contributed by atoms with Crippen molar-refractivity contribution < 1.29 is 14.0 Å². The van der Waals surface area contributed by atoms with Gasteiger partial charge in [0.25, 0.3) is 0 Å². The lowest BCUT2D eigenvalue weighted by atomic mass is 9.81. The topological polar surface area (TPSA) is 37.4 Å². The average molecular weight is 342 g/mol. The molecule has 1 saturated heterocycles. The molecule has 0 aliphatic carbocycles. The van der Waals surface area contributed by atoms with Crippen LogP contribution in [-0.4, -0.2) is 11.8 Å². The summed E-state index contributed by atoms with van der Waals surface area (Å²) in [5, 5.41) is 0. The van der Waals surface area contributed by atoms with Crippen LogP contribution < -0.4 is 4.90 Å². The van der Waals surface area contributed by atoms with Gasteiger partial charge in [-0.05, 0) is 53.4 Å². The zero-order valence-electron chi connectivity index (χ0n) is 11.8. The maximum atomic E-state index is 13.7. The standard InChI is InChI=1S/C15H17BrFNO2/c1-4-15(5-2)8-13(19)18(14(15)20)12-7-11(17)10(16)6-9(12)3/h6-7H,4-5,8H2,1-3H3. The molecular formula is C15H17BrFNO2. The third-order valence-corrected chi connectivity index (χ3v) is 4.84. The number of hydrogen-bond acceptors (Lipinski definition) is 2.